The molecule has 1 aliphatic carbocycles. The summed E-state index contributed by atoms with van der Waals surface area (Å²) in [6, 6.07) is 0.860. The average molecular weight is 252 g/mol. The van der Waals surface area contributed by atoms with Crippen LogP contribution in [0.1, 0.15) is 47.0 Å². The van der Waals surface area contributed by atoms with Gasteiger partial charge in [-0.25, -0.2) is 0 Å². The summed E-state index contributed by atoms with van der Waals surface area (Å²) < 4.78 is 0. The first-order chi connectivity index (χ1) is 8.56. The van der Waals surface area contributed by atoms with E-state index in [1.54, 1.807) is 0 Å². The lowest BCUT2D eigenvalue weighted by atomic mass is 9.78. The van der Waals surface area contributed by atoms with Gasteiger partial charge in [0.2, 0.25) is 0 Å². The molecule has 0 bridgehead atoms. The van der Waals surface area contributed by atoms with Crippen molar-refractivity contribution in [3.63, 3.8) is 0 Å². The van der Waals surface area contributed by atoms with E-state index in [0.29, 0.717) is 0 Å². The number of hydrogen-bond acceptors (Lipinski definition) is 2. The minimum absolute atomic E-state index is 0.798. The standard InChI is InChI=1S/C16H32N2/c1-12-8-17-9-13(2)11-18(10-12)16-6-5-14(3)15(4)7-16/h12-17H,5-11H2,1-4H3. The van der Waals surface area contributed by atoms with E-state index in [0.717, 1.165) is 29.7 Å². The molecule has 0 aromatic rings. The topological polar surface area (TPSA) is 15.3 Å². The number of hydrogen-bond donors (Lipinski definition) is 1. The predicted molar refractivity (Wildman–Crippen MR) is 78.7 cm³/mol. The van der Waals surface area contributed by atoms with Crippen LogP contribution in [0.3, 0.4) is 0 Å². The average Bonchev–Trinajstić information content (AvgIpc) is 2.29. The molecule has 2 aliphatic rings. The molecule has 18 heavy (non-hydrogen) atoms. The summed E-state index contributed by atoms with van der Waals surface area (Å²) in [5, 5.41) is 3.60. The molecule has 0 spiro atoms. The van der Waals surface area contributed by atoms with E-state index >= 15 is 0 Å². The van der Waals surface area contributed by atoms with Gasteiger partial charge in [-0.1, -0.05) is 27.7 Å². The third-order valence-corrected chi connectivity index (χ3v) is 5.16. The first-order valence-corrected chi connectivity index (χ1v) is 8.01. The van der Waals surface area contributed by atoms with Gasteiger partial charge in [-0.2, -0.15) is 0 Å². The lowest BCUT2D eigenvalue weighted by Crippen LogP contribution is -2.48. The van der Waals surface area contributed by atoms with Gasteiger partial charge in [-0.05, 0) is 56.0 Å². The lowest BCUT2D eigenvalue weighted by Gasteiger charge is -2.42. The smallest absolute Gasteiger partial charge is 0.00982 e. The molecule has 0 radical (unpaired) electrons. The maximum atomic E-state index is 3.60. The quantitative estimate of drug-likeness (QED) is 0.772. The third kappa shape index (κ3) is 3.71. The van der Waals surface area contributed by atoms with Crippen molar-refractivity contribution in [1.29, 1.82) is 0 Å². The molecular formula is C16H32N2. The summed E-state index contributed by atoms with van der Waals surface area (Å²) in [5.74, 6) is 3.45. The van der Waals surface area contributed by atoms with E-state index in [2.05, 4.69) is 37.9 Å². The van der Waals surface area contributed by atoms with Crippen LogP contribution in [0.2, 0.25) is 0 Å². The molecule has 5 unspecified atom stereocenters. The van der Waals surface area contributed by atoms with E-state index in [9.17, 15) is 0 Å². The van der Waals surface area contributed by atoms with Crippen molar-refractivity contribution < 1.29 is 0 Å². The molecule has 2 rings (SSSR count). The van der Waals surface area contributed by atoms with E-state index in [4.69, 9.17) is 0 Å². The minimum Gasteiger partial charge on any atom is -0.316 e. The highest BCUT2D eigenvalue weighted by Gasteiger charge is 2.30. The summed E-state index contributed by atoms with van der Waals surface area (Å²) >= 11 is 0. The van der Waals surface area contributed by atoms with Crippen LogP contribution in [0.15, 0.2) is 0 Å². The molecular weight excluding hydrogens is 220 g/mol. The Morgan fingerprint density at radius 2 is 1.44 bits per heavy atom. The minimum atomic E-state index is 0.798. The van der Waals surface area contributed by atoms with Gasteiger partial charge < -0.3 is 5.32 Å². The Labute approximate surface area is 114 Å². The summed E-state index contributed by atoms with van der Waals surface area (Å²) in [6.07, 6.45) is 4.29. The molecule has 1 aliphatic heterocycles. The predicted octanol–water partition coefficient (Wildman–Crippen LogP) is 2.99. The normalized spacial score (nSPS) is 44.3. The fourth-order valence-corrected chi connectivity index (χ4v) is 3.73. The van der Waals surface area contributed by atoms with E-state index in [1.807, 2.05) is 0 Å². The van der Waals surface area contributed by atoms with Gasteiger partial charge in [-0.15, -0.1) is 0 Å². The number of nitrogens with one attached hydrogen (secondary N) is 1. The van der Waals surface area contributed by atoms with Crippen LogP contribution in [0.4, 0.5) is 0 Å². The molecule has 1 saturated heterocycles. The van der Waals surface area contributed by atoms with Gasteiger partial charge in [0, 0.05) is 19.1 Å². The van der Waals surface area contributed by atoms with Gasteiger partial charge in [0.1, 0.15) is 0 Å². The Morgan fingerprint density at radius 3 is 2.00 bits per heavy atom. The number of nitrogens with zero attached hydrogens (tertiary/aromatic N) is 1. The summed E-state index contributed by atoms with van der Waals surface area (Å²) in [6.45, 7) is 14.7. The second kappa shape index (κ2) is 6.38. The van der Waals surface area contributed by atoms with Crippen LogP contribution in [0, 0.1) is 23.7 Å². The molecule has 2 fully saturated rings. The Hall–Kier alpha value is -0.0800. The van der Waals surface area contributed by atoms with Gasteiger partial charge in [0.15, 0.2) is 0 Å². The molecule has 2 heteroatoms. The third-order valence-electron chi connectivity index (χ3n) is 5.16. The van der Waals surface area contributed by atoms with Crippen molar-refractivity contribution in [3.8, 4) is 0 Å². The summed E-state index contributed by atoms with van der Waals surface area (Å²) in [4.78, 5) is 2.82. The van der Waals surface area contributed by atoms with Crippen molar-refractivity contribution in [1.82, 2.24) is 10.2 Å². The molecule has 1 saturated carbocycles. The summed E-state index contributed by atoms with van der Waals surface area (Å²) in [5.41, 5.74) is 0. The molecule has 1 N–H and O–H groups in total. The van der Waals surface area contributed by atoms with Crippen LogP contribution in [0.25, 0.3) is 0 Å². The van der Waals surface area contributed by atoms with Crippen LogP contribution in [-0.4, -0.2) is 37.1 Å². The van der Waals surface area contributed by atoms with E-state index < -0.39 is 0 Å². The second-order valence-electron chi connectivity index (χ2n) is 7.24. The Morgan fingerprint density at radius 1 is 0.833 bits per heavy atom. The number of rotatable bonds is 1. The molecule has 2 nitrogen and oxygen atoms in total. The largest absolute Gasteiger partial charge is 0.316 e. The molecule has 106 valence electrons. The monoisotopic (exact) mass is 252 g/mol. The highest BCUT2D eigenvalue weighted by Crippen LogP contribution is 2.32. The zero-order valence-electron chi connectivity index (χ0n) is 12.8. The highest BCUT2D eigenvalue weighted by molar-refractivity contribution is 4.85. The van der Waals surface area contributed by atoms with Crippen molar-refractivity contribution in [3.05, 3.63) is 0 Å². The molecule has 0 amide bonds. The lowest BCUT2D eigenvalue weighted by molar-refractivity contribution is 0.0762. The maximum Gasteiger partial charge on any atom is 0.00982 e. The van der Waals surface area contributed by atoms with Crippen LogP contribution in [0.5, 0.6) is 0 Å². The second-order valence-corrected chi connectivity index (χ2v) is 7.24. The first-order valence-electron chi connectivity index (χ1n) is 8.01. The van der Waals surface area contributed by atoms with E-state index in [1.165, 1.54) is 45.4 Å². The Kier molecular flexibility index (Phi) is 5.08. The van der Waals surface area contributed by atoms with Gasteiger partial charge in [-0.3, -0.25) is 4.90 Å². The van der Waals surface area contributed by atoms with Crippen LogP contribution < -0.4 is 5.32 Å². The van der Waals surface area contributed by atoms with Crippen molar-refractivity contribution in [2.45, 2.75) is 53.0 Å². The molecule has 0 aromatic carbocycles. The van der Waals surface area contributed by atoms with Crippen molar-refractivity contribution in [2.24, 2.45) is 23.7 Å². The molecule has 5 atom stereocenters. The zero-order valence-corrected chi connectivity index (χ0v) is 12.8. The van der Waals surface area contributed by atoms with Crippen LogP contribution in [-0.2, 0) is 0 Å². The fraction of sp³-hybridized carbons (Fsp3) is 1.00. The maximum absolute atomic E-state index is 3.60. The summed E-state index contributed by atoms with van der Waals surface area (Å²) in [7, 11) is 0. The Bertz CT molecular complexity index is 241. The molecule has 1 heterocycles. The SMILES string of the molecule is CC1CNCC(C)CN(C2CCC(C)C(C)C2)C1. The highest BCUT2D eigenvalue weighted by atomic mass is 15.2. The van der Waals surface area contributed by atoms with Gasteiger partial charge in [0.05, 0.1) is 0 Å². The van der Waals surface area contributed by atoms with E-state index in [-0.39, 0.29) is 0 Å². The van der Waals surface area contributed by atoms with Crippen LogP contribution >= 0.6 is 0 Å². The van der Waals surface area contributed by atoms with Crippen molar-refractivity contribution >= 4 is 0 Å². The first kappa shape index (κ1) is 14.3. The van der Waals surface area contributed by atoms with Gasteiger partial charge in [0.25, 0.3) is 0 Å². The van der Waals surface area contributed by atoms with Gasteiger partial charge >= 0.3 is 0 Å². The molecule has 0 aromatic heterocycles. The fourth-order valence-electron chi connectivity index (χ4n) is 3.73. The van der Waals surface area contributed by atoms with Crippen molar-refractivity contribution in [2.75, 3.05) is 26.2 Å². The zero-order chi connectivity index (χ0) is 13.1. The Balaban J connectivity index is 1.95.